The van der Waals surface area contributed by atoms with Gasteiger partial charge < -0.3 is 10.6 Å². The van der Waals surface area contributed by atoms with E-state index in [2.05, 4.69) is 11.9 Å². The summed E-state index contributed by atoms with van der Waals surface area (Å²) in [6.45, 7) is 8.24. The highest BCUT2D eigenvalue weighted by atomic mass is 16.2. The summed E-state index contributed by atoms with van der Waals surface area (Å²) in [5.74, 6) is 0.924. The number of carbonyl (C=O) groups is 1. The van der Waals surface area contributed by atoms with Crippen molar-refractivity contribution in [1.29, 1.82) is 0 Å². The number of aromatic nitrogens is 2. The first-order chi connectivity index (χ1) is 14.8. The van der Waals surface area contributed by atoms with Crippen LogP contribution in [0.15, 0.2) is 9.59 Å². The zero-order valence-corrected chi connectivity index (χ0v) is 19.4. The van der Waals surface area contributed by atoms with Crippen molar-refractivity contribution >= 4 is 17.4 Å². The monoisotopic (exact) mass is 434 g/mol. The Bertz CT molecular complexity index is 873. The highest BCUT2D eigenvalue weighted by molar-refractivity contribution is 5.96. The predicted octanol–water partition coefficient (Wildman–Crippen LogP) is 1.15. The summed E-state index contributed by atoms with van der Waals surface area (Å²) in [4.78, 5) is 43.9. The molecule has 2 aliphatic rings. The zero-order chi connectivity index (χ0) is 22.5. The molecule has 0 spiro atoms. The Morgan fingerprint density at radius 3 is 2.65 bits per heavy atom. The van der Waals surface area contributed by atoms with Gasteiger partial charge in [0.15, 0.2) is 12.2 Å². The van der Waals surface area contributed by atoms with Crippen LogP contribution in [0.4, 0.5) is 11.5 Å². The minimum Gasteiger partial charge on any atom is -0.383 e. The Morgan fingerprint density at radius 1 is 1.23 bits per heavy atom. The van der Waals surface area contributed by atoms with E-state index in [1.165, 1.54) is 41.6 Å². The minimum atomic E-state index is -0.573. The van der Waals surface area contributed by atoms with E-state index in [0.717, 1.165) is 31.7 Å². The van der Waals surface area contributed by atoms with Crippen molar-refractivity contribution in [3.8, 4) is 0 Å². The largest absolute Gasteiger partial charge is 0.383 e. The van der Waals surface area contributed by atoms with E-state index in [0.29, 0.717) is 25.7 Å². The van der Waals surface area contributed by atoms with Gasteiger partial charge in [0.05, 0.1) is 12.6 Å². The number of piperidine rings is 1. The quantitative estimate of drug-likeness (QED) is 0.571. The van der Waals surface area contributed by atoms with Crippen molar-refractivity contribution in [2.75, 3.05) is 30.3 Å². The van der Waals surface area contributed by atoms with Crippen LogP contribution in [-0.4, -0.2) is 41.1 Å². The fourth-order valence-electron chi connectivity index (χ4n) is 5.44. The molecule has 1 unspecified atom stereocenters. The number of H-pyrrole nitrogens is 1. The molecule has 0 radical (unpaired) electrons. The van der Waals surface area contributed by atoms with Gasteiger partial charge in [0.25, 0.3) is 11.5 Å². The number of hydrogen-bond acceptors (Lipinski definition) is 4. The van der Waals surface area contributed by atoms with E-state index in [4.69, 9.17) is 5.73 Å². The second-order valence-electron chi connectivity index (χ2n) is 9.77. The summed E-state index contributed by atoms with van der Waals surface area (Å²) in [5, 5.41) is 0. The number of nitrogens with one attached hydrogen (secondary N) is 2. The molecule has 8 heteroatoms. The summed E-state index contributed by atoms with van der Waals surface area (Å²) >= 11 is 0. The number of quaternary nitrogens is 1. The van der Waals surface area contributed by atoms with Gasteiger partial charge in [-0.1, -0.05) is 33.6 Å². The van der Waals surface area contributed by atoms with Gasteiger partial charge in [-0.05, 0) is 44.4 Å². The maximum Gasteiger partial charge on any atom is 0.330 e. The number of carbonyl (C=O) groups excluding carboxylic acids is 1. The molecule has 0 aromatic carbocycles. The SMILES string of the molecule is CCCCN(C(=O)C[NH+]1CCC[C@@H]2CCCC[C@@H]21)c1c(N)n(CC(C)C)c(=O)[nH]c1=O. The summed E-state index contributed by atoms with van der Waals surface area (Å²) < 4.78 is 1.39. The third-order valence-electron chi connectivity index (χ3n) is 6.95. The van der Waals surface area contributed by atoms with Crippen LogP contribution in [0.3, 0.4) is 0 Å². The molecular weight excluding hydrogens is 394 g/mol. The molecule has 1 aliphatic carbocycles. The Labute approximate surface area is 184 Å². The molecule has 3 atom stereocenters. The lowest BCUT2D eigenvalue weighted by atomic mass is 9.78. The minimum absolute atomic E-state index is 0.0679. The number of amides is 1. The summed E-state index contributed by atoms with van der Waals surface area (Å²) in [6.07, 6.45) is 9.09. The topological polar surface area (TPSA) is 106 Å². The van der Waals surface area contributed by atoms with Crippen LogP contribution < -0.4 is 26.8 Å². The number of nitrogen functional groups attached to an aromatic ring is 1. The van der Waals surface area contributed by atoms with E-state index in [1.807, 2.05) is 13.8 Å². The number of aromatic amines is 1. The smallest absolute Gasteiger partial charge is 0.330 e. The first-order valence-electron chi connectivity index (χ1n) is 12.1. The summed E-state index contributed by atoms with van der Waals surface area (Å²) in [5.41, 5.74) is 5.37. The van der Waals surface area contributed by atoms with Crippen molar-refractivity contribution in [1.82, 2.24) is 9.55 Å². The highest BCUT2D eigenvalue weighted by Gasteiger charge is 2.38. The fourth-order valence-corrected chi connectivity index (χ4v) is 5.44. The number of nitrogens with two attached hydrogens (primary N) is 1. The Kier molecular flexibility index (Phi) is 7.97. The molecule has 1 saturated heterocycles. The van der Waals surface area contributed by atoms with Gasteiger partial charge in [-0.2, -0.15) is 0 Å². The average Bonchev–Trinajstić information content (AvgIpc) is 2.73. The maximum atomic E-state index is 13.5. The molecule has 2 fully saturated rings. The van der Waals surface area contributed by atoms with Gasteiger partial charge in [0.2, 0.25) is 0 Å². The van der Waals surface area contributed by atoms with Gasteiger partial charge in [0.1, 0.15) is 5.82 Å². The lowest BCUT2D eigenvalue weighted by molar-refractivity contribution is -0.928. The standard InChI is InChI=1S/C23H39N5O3/c1-4-5-13-27(20-21(24)28(14-16(2)3)23(31)25-22(20)30)19(29)15-26-12-8-10-17-9-6-7-11-18(17)26/h16-18H,4-15,24H2,1-3H3,(H,25,30,31)/p+1/t17-,18-/m0/s1. The van der Waals surface area contributed by atoms with E-state index < -0.39 is 11.2 Å². The van der Waals surface area contributed by atoms with Crippen LogP contribution in [0, 0.1) is 11.8 Å². The lowest BCUT2D eigenvalue weighted by Crippen LogP contribution is -3.18. The van der Waals surface area contributed by atoms with Crippen LogP contribution in [0.25, 0.3) is 0 Å². The van der Waals surface area contributed by atoms with E-state index in [9.17, 15) is 14.4 Å². The number of nitrogens with zero attached hydrogens (tertiary/aromatic N) is 2. The molecule has 31 heavy (non-hydrogen) atoms. The second kappa shape index (κ2) is 10.5. The van der Waals surface area contributed by atoms with Crippen LogP contribution >= 0.6 is 0 Å². The van der Waals surface area contributed by atoms with E-state index in [1.54, 1.807) is 4.90 Å². The number of hydrogen-bond donors (Lipinski definition) is 3. The Morgan fingerprint density at radius 2 is 1.94 bits per heavy atom. The lowest BCUT2D eigenvalue weighted by Gasteiger charge is -2.41. The second-order valence-corrected chi connectivity index (χ2v) is 9.77. The molecule has 4 N–H and O–H groups in total. The molecule has 1 saturated carbocycles. The molecule has 1 amide bonds. The van der Waals surface area contributed by atoms with Gasteiger partial charge in [-0.3, -0.25) is 24.0 Å². The Hall–Kier alpha value is -2.09. The first-order valence-corrected chi connectivity index (χ1v) is 12.1. The number of likely N-dealkylation sites (tertiary alicyclic amines) is 1. The molecule has 0 bridgehead atoms. The third kappa shape index (κ3) is 5.40. The van der Waals surface area contributed by atoms with E-state index in [-0.39, 0.29) is 23.3 Å². The van der Waals surface area contributed by atoms with E-state index >= 15 is 0 Å². The van der Waals surface area contributed by atoms with Crippen molar-refractivity contribution in [3.05, 3.63) is 20.8 Å². The predicted molar refractivity (Wildman–Crippen MR) is 124 cm³/mol. The van der Waals surface area contributed by atoms with Crippen LogP contribution in [-0.2, 0) is 11.3 Å². The first kappa shape index (κ1) is 23.6. The average molecular weight is 435 g/mol. The van der Waals surface area contributed by atoms with Gasteiger partial charge in [-0.15, -0.1) is 0 Å². The van der Waals surface area contributed by atoms with Crippen LogP contribution in [0.5, 0.6) is 0 Å². The number of fused-ring (bicyclic) bond motifs is 1. The molecule has 3 rings (SSSR count). The van der Waals surface area contributed by atoms with Crippen molar-refractivity contribution in [3.63, 3.8) is 0 Å². The van der Waals surface area contributed by atoms with Gasteiger partial charge in [0, 0.05) is 19.0 Å². The Balaban J connectivity index is 1.90. The molecular formula is C23H40N5O3+. The third-order valence-corrected chi connectivity index (χ3v) is 6.95. The fraction of sp³-hybridized carbons (Fsp3) is 0.783. The molecule has 1 aliphatic heterocycles. The van der Waals surface area contributed by atoms with Crippen molar-refractivity contribution in [2.24, 2.45) is 11.8 Å². The number of rotatable bonds is 8. The molecule has 8 nitrogen and oxygen atoms in total. The summed E-state index contributed by atoms with van der Waals surface area (Å²) in [7, 11) is 0. The summed E-state index contributed by atoms with van der Waals surface area (Å²) in [6, 6.07) is 0.546. The van der Waals surface area contributed by atoms with Gasteiger partial charge >= 0.3 is 5.69 Å². The normalized spacial score (nSPS) is 23.5. The number of anilines is 2. The number of unbranched alkanes of at least 4 members (excludes halogenated alkanes) is 1. The van der Waals surface area contributed by atoms with Gasteiger partial charge in [-0.25, -0.2) is 4.79 Å². The molecule has 2 heterocycles. The van der Waals surface area contributed by atoms with Crippen molar-refractivity contribution in [2.45, 2.75) is 84.7 Å². The van der Waals surface area contributed by atoms with Crippen LogP contribution in [0.2, 0.25) is 0 Å². The van der Waals surface area contributed by atoms with Crippen LogP contribution in [0.1, 0.15) is 72.1 Å². The zero-order valence-electron chi connectivity index (χ0n) is 19.4. The molecule has 1 aromatic heterocycles. The molecule has 1 aromatic rings. The maximum absolute atomic E-state index is 13.5. The van der Waals surface area contributed by atoms with Crippen molar-refractivity contribution < 1.29 is 9.69 Å². The highest BCUT2D eigenvalue weighted by Crippen LogP contribution is 2.28. The molecule has 174 valence electrons.